The molecule has 3 nitrogen and oxygen atoms in total. The smallest absolute Gasteiger partial charge is 0.303 e. The summed E-state index contributed by atoms with van der Waals surface area (Å²) in [5.41, 5.74) is 0. The first-order valence-corrected chi connectivity index (χ1v) is 3.43. The predicted octanol–water partition coefficient (Wildman–Crippen LogP) is 1.22. The van der Waals surface area contributed by atoms with Crippen LogP contribution in [-0.4, -0.2) is 17.4 Å². The Bertz CT molecular complexity index is 109. The van der Waals surface area contributed by atoms with E-state index in [0.29, 0.717) is 12.8 Å². The minimum absolute atomic E-state index is 0.221. The molecule has 0 fully saturated rings. The maximum absolute atomic E-state index is 9.96. The van der Waals surface area contributed by atoms with Crippen LogP contribution in [0.4, 0.5) is 0 Å². The Hall–Kier alpha value is -0.860. The van der Waals surface area contributed by atoms with E-state index in [1.54, 1.807) is 0 Å². The fraction of sp³-hybridized carbons (Fsp3) is 0.714. The van der Waals surface area contributed by atoms with Gasteiger partial charge in [-0.2, -0.15) is 0 Å². The number of aliphatic carboxylic acids is 1. The van der Waals surface area contributed by atoms with Crippen molar-refractivity contribution in [1.82, 2.24) is 0 Å². The number of carbonyl (C=O) groups is 2. The number of rotatable bonds is 6. The van der Waals surface area contributed by atoms with Crippen LogP contribution in [0.5, 0.6) is 0 Å². The number of unbranched alkanes of at least 4 members (excludes halogenated alkanes) is 3. The van der Waals surface area contributed by atoms with Crippen molar-refractivity contribution in [2.45, 2.75) is 32.1 Å². The lowest BCUT2D eigenvalue weighted by atomic mass is 10.1. The molecule has 0 atom stereocenters. The van der Waals surface area contributed by atoms with Gasteiger partial charge in [0.2, 0.25) is 0 Å². The van der Waals surface area contributed by atoms with Gasteiger partial charge in [0.15, 0.2) is 0 Å². The van der Waals surface area contributed by atoms with Gasteiger partial charge in [-0.3, -0.25) is 4.79 Å². The van der Waals surface area contributed by atoms with E-state index in [9.17, 15) is 9.59 Å². The van der Waals surface area contributed by atoms with Crippen molar-refractivity contribution in [3.8, 4) is 0 Å². The van der Waals surface area contributed by atoms with Gasteiger partial charge in [0, 0.05) is 12.8 Å². The molecule has 10 heavy (non-hydrogen) atoms. The number of aldehydes is 1. The van der Waals surface area contributed by atoms with Crippen LogP contribution in [0.25, 0.3) is 0 Å². The predicted molar refractivity (Wildman–Crippen MR) is 36.8 cm³/mol. The summed E-state index contributed by atoms with van der Waals surface area (Å²) in [6.07, 6.45) is 3.98. The summed E-state index contributed by atoms with van der Waals surface area (Å²) in [5, 5.41) is 8.20. The Balaban J connectivity index is 2.90. The average molecular weight is 144 g/mol. The molecular weight excluding hydrogens is 132 g/mol. The molecule has 0 aromatic rings. The molecule has 0 radical (unpaired) electrons. The summed E-state index contributed by atoms with van der Waals surface area (Å²) < 4.78 is 0. The van der Waals surface area contributed by atoms with Crippen LogP contribution < -0.4 is 0 Å². The maximum Gasteiger partial charge on any atom is 0.303 e. The average Bonchev–Trinajstić information content (AvgIpc) is 1.87. The normalized spacial score (nSPS) is 9.20. The highest BCUT2D eigenvalue weighted by Crippen LogP contribution is 2.00. The summed E-state index contributed by atoms with van der Waals surface area (Å²) in [4.78, 5) is 19.7. The van der Waals surface area contributed by atoms with Crippen molar-refractivity contribution >= 4 is 12.3 Å². The molecule has 0 spiro atoms. The summed E-state index contributed by atoms with van der Waals surface area (Å²) in [6.45, 7) is 0. The van der Waals surface area contributed by atoms with Crippen molar-refractivity contribution in [3.05, 3.63) is 0 Å². The lowest BCUT2D eigenvalue weighted by Crippen LogP contribution is -1.93. The quantitative estimate of drug-likeness (QED) is 0.450. The second kappa shape index (κ2) is 6.26. The zero-order valence-corrected chi connectivity index (χ0v) is 5.88. The van der Waals surface area contributed by atoms with Gasteiger partial charge in [0.05, 0.1) is 0 Å². The van der Waals surface area contributed by atoms with Crippen molar-refractivity contribution in [3.63, 3.8) is 0 Å². The molecule has 0 aliphatic carbocycles. The Labute approximate surface area is 60.0 Å². The minimum Gasteiger partial charge on any atom is -0.481 e. The molecule has 0 saturated heterocycles. The van der Waals surface area contributed by atoms with Crippen molar-refractivity contribution < 1.29 is 14.7 Å². The topological polar surface area (TPSA) is 54.4 Å². The van der Waals surface area contributed by atoms with Crippen LogP contribution >= 0.6 is 0 Å². The third-order valence-electron chi connectivity index (χ3n) is 1.21. The highest BCUT2D eigenvalue weighted by atomic mass is 16.4. The summed E-state index contributed by atoms with van der Waals surface area (Å²) in [6, 6.07) is 0. The van der Waals surface area contributed by atoms with Crippen LogP contribution in [0.3, 0.4) is 0 Å². The fourth-order valence-electron chi connectivity index (χ4n) is 0.681. The van der Waals surface area contributed by atoms with Gasteiger partial charge in [-0.05, 0) is 12.8 Å². The molecule has 3 heteroatoms. The molecule has 0 rings (SSSR count). The fourth-order valence-corrected chi connectivity index (χ4v) is 0.681. The number of hydrogen-bond acceptors (Lipinski definition) is 2. The van der Waals surface area contributed by atoms with Crippen LogP contribution in [0.15, 0.2) is 0 Å². The van der Waals surface area contributed by atoms with Crippen LogP contribution in [0.1, 0.15) is 32.1 Å². The zero-order valence-electron chi connectivity index (χ0n) is 5.88. The minimum atomic E-state index is -0.758. The second-order valence-electron chi connectivity index (χ2n) is 2.16. The van der Waals surface area contributed by atoms with Gasteiger partial charge >= 0.3 is 5.97 Å². The van der Waals surface area contributed by atoms with Crippen molar-refractivity contribution in [2.75, 3.05) is 0 Å². The Kier molecular flexibility index (Phi) is 5.72. The van der Waals surface area contributed by atoms with Gasteiger partial charge < -0.3 is 9.90 Å². The van der Waals surface area contributed by atoms with Crippen LogP contribution in [0.2, 0.25) is 0 Å². The van der Waals surface area contributed by atoms with E-state index < -0.39 is 5.97 Å². The molecule has 0 bridgehead atoms. The highest BCUT2D eigenvalue weighted by molar-refractivity contribution is 5.66. The highest BCUT2D eigenvalue weighted by Gasteiger charge is 1.94. The first kappa shape index (κ1) is 9.14. The van der Waals surface area contributed by atoms with E-state index in [4.69, 9.17) is 5.11 Å². The SMILES string of the molecule is O=CCCCCCC(=O)O. The molecule has 0 aliphatic rings. The Morgan fingerprint density at radius 2 is 2.00 bits per heavy atom. The number of carboxylic acids is 1. The monoisotopic (exact) mass is 144 g/mol. The molecule has 1 N–H and O–H groups in total. The summed E-state index contributed by atoms with van der Waals surface area (Å²) in [7, 11) is 0. The van der Waals surface area contributed by atoms with Crippen molar-refractivity contribution in [2.24, 2.45) is 0 Å². The first-order valence-electron chi connectivity index (χ1n) is 3.43. The van der Waals surface area contributed by atoms with E-state index in [1.165, 1.54) is 0 Å². The third kappa shape index (κ3) is 7.14. The van der Waals surface area contributed by atoms with E-state index in [2.05, 4.69) is 0 Å². The van der Waals surface area contributed by atoms with Crippen LogP contribution in [0, 0.1) is 0 Å². The van der Waals surface area contributed by atoms with E-state index in [-0.39, 0.29) is 6.42 Å². The lowest BCUT2D eigenvalue weighted by Gasteiger charge is -1.92. The lowest BCUT2D eigenvalue weighted by molar-refractivity contribution is -0.137. The molecule has 0 heterocycles. The molecule has 0 aromatic carbocycles. The van der Waals surface area contributed by atoms with Gasteiger partial charge in [0.25, 0.3) is 0 Å². The number of carboxylic acid groups (broad SMARTS) is 1. The van der Waals surface area contributed by atoms with E-state index in [0.717, 1.165) is 19.1 Å². The standard InChI is InChI=1S/C7H12O3/c8-6-4-2-1-3-5-7(9)10/h6H,1-5H2,(H,9,10). The van der Waals surface area contributed by atoms with E-state index in [1.807, 2.05) is 0 Å². The molecule has 0 amide bonds. The molecule has 0 aromatic heterocycles. The van der Waals surface area contributed by atoms with Crippen molar-refractivity contribution in [1.29, 1.82) is 0 Å². The summed E-state index contributed by atoms with van der Waals surface area (Å²) >= 11 is 0. The molecular formula is C7H12O3. The van der Waals surface area contributed by atoms with Gasteiger partial charge in [0.1, 0.15) is 6.29 Å². The molecule has 0 aliphatic heterocycles. The number of hydrogen-bond donors (Lipinski definition) is 1. The third-order valence-corrected chi connectivity index (χ3v) is 1.21. The van der Waals surface area contributed by atoms with Gasteiger partial charge in [-0.25, -0.2) is 0 Å². The molecule has 0 saturated carbocycles. The Morgan fingerprint density at radius 3 is 2.50 bits per heavy atom. The van der Waals surface area contributed by atoms with Gasteiger partial charge in [-0.15, -0.1) is 0 Å². The molecule has 0 unspecified atom stereocenters. The van der Waals surface area contributed by atoms with Crippen LogP contribution in [-0.2, 0) is 9.59 Å². The first-order chi connectivity index (χ1) is 4.77. The van der Waals surface area contributed by atoms with Gasteiger partial charge in [-0.1, -0.05) is 6.42 Å². The summed E-state index contributed by atoms with van der Waals surface area (Å²) in [5.74, 6) is -0.758. The molecule has 58 valence electrons. The second-order valence-corrected chi connectivity index (χ2v) is 2.16. The Morgan fingerprint density at radius 1 is 1.30 bits per heavy atom. The maximum atomic E-state index is 9.96. The zero-order chi connectivity index (χ0) is 7.82. The van der Waals surface area contributed by atoms with E-state index >= 15 is 0 Å². The largest absolute Gasteiger partial charge is 0.481 e. The number of carbonyl (C=O) groups excluding carboxylic acids is 1.